The van der Waals surface area contributed by atoms with Gasteiger partial charge in [0.1, 0.15) is 11.2 Å². The molecule has 0 spiro atoms. The lowest BCUT2D eigenvalue weighted by Gasteiger charge is -2.28. The first-order valence-corrected chi connectivity index (χ1v) is 6.30. The van der Waals surface area contributed by atoms with E-state index in [4.69, 9.17) is 17.3 Å². The highest BCUT2D eigenvalue weighted by molar-refractivity contribution is 6.32. The molecule has 1 aromatic heterocycles. The minimum Gasteiger partial charge on any atom is -0.397 e. The van der Waals surface area contributed by atoms with Gasteiger partial charge in [0.2, 0.25) is 5.91 Å². The second-order valence-corrected chi connectivity index (χ2v) is 4.82. The Morgan fingerprint density at radius 2 is 2.25 bits per heavy atom. The number of hydrogen-bond acceptors (Lipinski definition) is 5. The maximum atomic E-state index is 12.1. The lowest BCUT2D eigenvalue weighted by Crippen LogP contribution is -2.52. The number of halogens is 1. The van der Waals surface area contributed by atoms with E-state index in [0.717, 1.165) is 4.90 Å². The number of amides is 3. The SMILES string of the molecule is CN1C(=O)CCC(NC(=O)c2cc(N)cnc2Cl)C1=O. The molecule has 1 fully saturated rings. The van der Waals surface area contributed by atoms with E-state index in [1.165, 1.54) is 19.3 Å². The Bertz CT molecular complexity index is 590. The summed E-state index contributed by atoms with van der Waals surface area (Å²) in [7, 11) is 1.39. The Hall–Kier alpha value is -2.15. The molecule has 1 saturated heterocycles. The van der Waals surface area contributed by atoms with Gasteiger partial charge in [0.15, 0.2) is 0 Å². The van der Waals surface area contributed by atoms with Gasteiger partial charge in [-0.15, -0.1) is 0 Å². The van der Waals surface area contributed by atoms with Crippen LogP contribution in [0.15, 0.2) is 12.3 Å². The van der Waals surface area contributed by atoms with E-state index in [2.05, 4.69) is 10.3 Å². The number of rotatable bonds is 2. The summed E-state index contributed by atoms with van der Waals surface area (Å²) in [6.45, 7) is 0. The molecule has 2 rings (SSSR count). The first-order valence-electron chi connectivity index (χ1n) is 5.92. The predicted octanol–water partition coefficient (Wildman–Crippen LogP) is 0.194. The molecule has 1 aromatic rings. The van der Waals surface area contributed by atoms with Gasteiger partial charge in [0, 0.05) is 13.5 Å². The molecule has 1 aliphatic heterocycles. The normalized spacial score (nSPS) is 19.1. The third-order valence-electron chi connectivity index (χ3n) is 3.06. The maximum absolute atomic E-state index is 12.1. The van der Waals surface area contributed by atoms with E-state index in [9.17, 15) is 14.4 Å². The Labute approximate surface area is 120 Å². The fraction of sp³-hybridized carbons (Fsp3) is 0.333. The molecule has 7 nitrogen and oxygen atoms in total. The zero-order valence-corrected chi connectivity index (χ0v) is 11.5. The number of nitrogens with two attached hydrogens (primary N) is 1. The second-order valence-electron chi connectivity index (χ2n) is 4.46. The number of carbonyl (C=O) groups is 3. The summed E-state index contributed by atoms with van der Waals surface area (Å²) in [5.74, 6) is -1.25. The fourth-order valence-electron chi connectivity index (χ4n) is 1.91. The number of aromatic nitrogens is 1. The second kappa shape index (κ2) is 5.46. The summed E-state index contributed by atoms with van der Waals surface area (Å²) in [6.07, 6.45) is 1.80. The van der Waals surface area contributed by atoms with Crippen LogP contribution in [-0.2, 0) is 9.59 Å². The van der Waals surface area contributed by atoms with Crippen LogP contribution in [-0.4, -0.2) is 40.7 Å². The van der Waals surface area contributed by atoms with Crippen LogP contribution >= 0.6 is 11.6 Å². The van der Waals surface area contributed by atoms with Gasteiger partial charge in [-0.2, -0.15) is 0 Å². The minimum atomic E-state index is -0.748. The number of likely N-dealkylation sites (tertiary alicyclic amines) is 1. The molecule has 0 bridgehead atoms. The van der Waals surface area contributed by atoms with Crippen molar-refractivity contribution in [3.63, 3.8) is 0 Å². The lowest BCUT2D eigenvalue weighted by atomic mass is 10.0. The average Bonchev–Trinajstić information content (AvgIpc) is 2.42. The number of nitrogens with zero attached hydrogens (tertiary/aromatic N) is 2. The van der Waals surface area contributed by atoms with Crippen molar-refractivity contribution in [2.45, 2.75) is 18.9 Å². The first kappa shape index (κ1) is 14.3. The number of anilines is 1. The number of nitrogen functional groups attached to an aromatic ring is 1. The van der Waals surface area contributed by atoms with E-state index >= 15 is 0 Å². The summed E-state index contributed by atoms with van der Waals surface area (Å²) in [4.78, 5) is 40.1. The van der Waals surface area contributed by atoms with Gasteiger partial charge in [0.05, 0.1) is 17.4 Å². The molecule has 3 N–H and O–H groups in total. The van der Waals surface area contributed by atoms with Gasteiger partial charge < -0.3 is 11.1 Å². The number of carbonyl (C=O) groups excluding carboxylic acids is 3. The van der Waals surface area contributed by atoms with Crippen molar-refractivity contribution in [3.05, 3.63) is 23.0 Å². The monoisotopic (exact) mass is 296 g/mol. The highest BCUT2D eigenvalue weighted by Gasteiger charge is 2.33. The van der Waals surface area contributed by atoms with Gasteiger partial charge in [-0.1, -0.05) is 11.6 Å². The molecular weight excluding hydrogens is 284 g/mol. The van der Waals surface area contributed by atoms with E-state index in [0.29, 0.717) is 5.69 Å². The van der Waals surface area contributed by atoms with E-state index in [1.54, 1.807) is 0 Å². The number of pyridine rings is 1. The summed E-state index contributed by atoms with van der Waals surface area (Å²) in [6, 6.07) is 0.634. The van der Waals surface area contributed by atoms with Crippen molar-refractivity contribution in [3.8, 4) is 0 Å². The zero-order chi connectivity index (χ0) is 14.9. The van der Waals surface area contributed by atoms with Crippen molar-refractivity contribution in [1.29, 1.82) is 0 Å². The molecular formula is C12H13ClN4O3. The molecule has 0 aliphatic carbocycles. The largest absolute Gasteiger partial charge is 0.397 e. The van der Waals surface area contributed by atoms with Gasteiger partial charge in [-0.05, 0) is 12.5 Å². The molecule has 1 aliphatic rings. The van der Waals surface area contributed by atoms with Gasteiger partial charge in [-0.25, -0.2) is 4.98 Å². The number of nitrogens with one attached hydrogen (secondary N) is 1. The molecule has 0 radical (unpaired) electrons. The number of imide groups is 1. The van der Waals surface area contributed by atoms with Crippen molar-refractivity contribution in [2.75, 3.05) is 12.8 Å². The van der Waals surface area contributed by atoms with Crippen LogP contribution in [0.2, 0.25) is 5.15 Å². The zero-order valence-electron chi connectivity index (χ0n) is 10.7. The van der Waals surface area contributed by atoms with Crippen LogP contribution in [0.4, 0.5) is 5.69 Å². The van der Waals surface area contributed by atoms with E-state index < -0.39 is 17.9 Å². The van der Waals surface area contributed by atoms with Gasteiger partial charge >= 0.3 is 0 Å². The maximum Gasteiger partial charge on any atom is 0.255 e. The van der Waals surface area contributed by atoms with Crippen molar-refractivity contribution in [2.24, 2.45) is 0 Å². The van der Waals surface area contributed by atoms with Crippen molar-refractivity contribution in [1.82, 2.24) is 15.2 Å². The fourth-order valence-corrected chi connectivity index (χ4v) is 2.10. The van der Waals surface area contributed by atoms with Crippen LogP contribution in [0, 0.1) is 0 Å². The Morgan fingerprint density at radius 1 is 1.55 bits per heavy atom. The smallest absolute Gasteiger partial charge is 0.255 e. The third kappa shape index (κ3) is 2.72. The molecule has 106 valence electrons. The highest BCUT2D eigenvalue weighted by Crippen LogP contribution is 2.17. The summed E-state index contributed by atoms with van der Waals surface area (Å²) < 4.78 is 0. The van der Waals surface area contributed by atoms with Crippen LogP contribution in [0.3, 0.4) is 0 Å². The summed E-state index contributed by atoms with van der Waals surface area (Å²) in [5.41, 5.74) is 5.93. The Morgan fingerprint density at radius 3 is 2.95 bits per heavy atom. The van der Waals surface area contributed by atoms with E-state index in [1.807, 2.05) is 0 Å². The first-order chi connectivity index (χ1) is 9.40. The van der Waals surface area contributed by atoms with E-state index in [-0.39, 0.29) is 29.5 Å². The number of hydrogen-bond donors (Lipinski definition) is 2. The van der Waals surface area contributed by atoms with Gasteiger partial charge in [-0.3, -0.25) is 19.3 Å². The highest BCUT2D eigenvalue weighted by atomic mass is 35.5. The number of likely N-dealkylation sites (N-methyl/N-ethyl adjacent to an activating group) is 1. The summed E-state index contributed by atoms with van der Waals surface area (Å²) in [5, 5.41) is 2.55. The van der Waals surface area contributed by atoms with Crippen LogP contribution in [0.25, 0.3) is 0 Å². The van der Waals surface area contributed by atoms with Crippen molar-refractivity contribution >= 4 is 35.0 Å². The van der Waals surface area contributed by atoms with Crippen LogP contribution in [0.1, 0.15) is 23.2 Å². The average molecular weight is 297 g/mol. The molecule has 3 amide bonds. The summed E-state index contributed by atoms with van der Waals surface area (Å²) >= 11 is 5.82. The molecule has 20 heavy (non-hydrogen) atoms. The van der Waals surface area contributed by atoms with Crippen LogP contribution in [0.5, 0.6) is 0 Å². The van der Waals surface area contributed by atoms with Gasteiger partial charge in [0.25, 0.3) is 11.8 Å². The molecule has 0 aromatic carbocycles. The third-order valence-corrected chi connectivity index (χ3v) is 3.36. The molecule has 1 unspecified atom stereocenters. The van der Waals surface area contributed by atoms with Crippen LogP contribution < -0.4 is 11.1 Å². The quantitative estimate of drug-likeness (QED) is 0.599. The molecule has 2 heterocycles. The Balaban J connectivity index is 2.14. The predicted molar refractivity (Wildman–Crippen MR) is 71.9 cm³/mol. The molecule has 8 heteroatoms. The molecule has 0 saturated carbocycles. The Kier molecular flexibility index (Phi) is 3.89. The molecule has 1 atom stereocenters. The number of piperidine rings is 1. The lowest BCUT2D eigenvalue weighted by molar-refractivity contribution is -0.147. The minimum absolute atomic E-state index is 0.00406. The topological polar surface area (TPSA) is 105 Å². The standard InChI is InChI=1S/C12H13ClN4O3/c1-17-9(18)3-2-8(12(17)20)16-11(19)7-4-6(14)5-15-10(7)13/h4-5,8H,2-3,14H2,1H3,(H,16,19). The van der Waals surface area contributed by atoms with Crippen molar-refractivity contribution < 1.29 is 14.4 Å².